The van der Waals surface area contributed by atoms with Crippen LogP contribution in [0.4, 0.5) is 0 Å². The molecule has 3 fully saturated rings. The number of carbonyl (C=O) groups is 2. The SMILES string of the molecule is Cc1ccc(S(=O)(=O)OCC(=O)O[C@@H]2C[C@@](C)(CO)[C@@H](O)[C@H](C)[C@]34CCC(=O)[C@H]3[C@@]2(C)[C@H](C)CC4)cc1. The Balaban J connectivity index is 1.65. The van der Waals surface area contributed by atoms with Crippen molar-refractivity contribution in [1.82, 2.24) is 0 Å². The average Bonchev–Trinajstić information content (AvgIpc) is 3.21. The molecule has 37 heavy (non-hydrogen) atoms. The summed E-state index contributed by atoms with van der Waals surface area (Å²) in [6.07, 6.45) is 1.12. The maximum absolute atomic E-state index is 13.4. The number of benzene rings is 1. The van der Waals surface area contributed by atoms with Crippen LogP contribution in [0.1, 0.15) is 65.4 Å². The van der Waals surface area contributed by atoms with Crippen molar-refractivity contribution in [3.05, 3.63) is 29.8 Å². The number of esters is 1. The zero-order valence-corrected chi connectivity index (χ0v) is 23.2. The first-order valence-corrected chi connectivity index (χ1v) is 14.6. The van der Waals surface area contributed by atoms with Crippen LogP contribution in [-0.4, -0.2) is 55.8 Å². The molecule has 0 saturated heterocycles. The third kappa shape index (κ3) is 4.56. The van der Waals surface area contributed by atoms with Gasteiger partial charge in [0.1, 0.15) is 11.9 Å². The molecule has 0 amide bonds. The molecular formula is C28H40O8S. The van der Waals surface area contributed by atoms with Crippen LogP contribution in [0, 0.1) is 40.9 Å². The Morgan fingerprint density at radius 1 is 1.14 bits per heavy atom. The quantitative estimate of drug-likeness (QED) is 0.418. The maximum atomic E-state index is 13.4. The molecule has 206 valence electrons. The van der Waals surface area contributed by atoms with Gasteiger partial charge in [0, 0.05) is 23.2 Å². The van der Waals surface area contributed by atoms with Crippen molar-refractivity contribution in [3.8, 4) is 0 Å². The molecule has 0 heterocycles. The highest BCUT2D eigenvalue weighted by molar-refractivity contribution is 7.86. The third-order valence-corrected chi connectivity index (χ3v) is 11.5. The van der Waals surface area contributed by atoms with Gasteiger partial charge in [-0.05, 0) is 62.0 Å². The molecule has 4 rings (SSSR count). The smallest absolute Gasteiger partial charge is 0.333 e. The van der Waals surface area contributed by atoms with Crippen molar-refractivity contribution in [1.29, 1.82) is 0 Å². The number of carbonyl (C=O) groups excluding carboxylic acids is 2. The molecule has 9 heteroatoms. The van der Waals surface area contributed by atoms with Crippen molar-refractivity contribution in [2.24, 2.45) is 34.0 Å². The Morgan fingerprint density at radius 2 is 1.78 bits per heavy atom. The number of ketones is 1. The highest BCUT2D eigenvalue weighted by Crippen LogP contribution is 2.67. The lowest BCUT2D eigenvalue weighted by Crippen LogP contribution is -2.63. The number of hydrogen-bond acceptors (Lipinski definition) is 8. The molecular weight excluding hydrogens is 496 g/mol. The standard InChI is InChI=1S/C28H40O8S/c1-17-6-8-20(9-7-17)37(33,34)35-15-23(31)36-22-14-26(4,16-29)25(32)19(3)28-12-10-18(2)27(22,5)24(28)21(30)11-13-28/h6-9,18-19,22,24-25,29,32H,10-16H2,1-5H3/t18-,19+,22-,24+,25+,26+,27+,28+/m1/s1. The number of aliphatic hydroxyl groups is 2. The predicted molar refractivity (Wildman–Crippen MR) is 136 cm³/mol. The van der Waals surface area contributed by atoms with Crippen molar-refractivity contribution in [2.45, 2.75) is 83.8 Å². The lowest BCUT2D eigenvalue weighted by molar-refractivity contribution is -0.216. The molecule has 3 aliphatic carbocycles. The summed E-state index contributed by atoms with van der Waals surface area (Å²) in [5.41, 5.74) is -1.26. The number of Topliss-reactive ketones (excluding diaryl/α,β-unsaturated/α-hetero) is 1. The Morgan fingerprint density at radius 3 is 2.41 bits per heavy atom. The van der Waals surface area contributed by atoms with Crippen LogP contribution in [-0.2, 0) is 28.6 Å². The van der Waals surface area contributed by atoms with Gasteiger partial charge in [0.2, 0.25) is 0 Å². The second-order valence-corrected chi connectivity index (χ2v) is 13.8. The van der Waals surface area contributed by atoms with Crippen LogP contribution in [0.5, 0.6) is 0 Å². The van der Waals surface area contributed by atoms with Gasteiger partial charge in [-0.25, -0.2) is 4.79 Å². The topological polar surface area (TPSA) is 127 Å². The van der Waals surface area contributed by atoms with E-state index in [1.54, 1.807) is 19.1 Å². The number of rotatable bonds is 6. The summed E-state index contributed by atoms with van der Waals surface area (Å²) in [6, 6.07) is 6.11. The van der Waals surface area contributed by atoms with E-state index in [-0.39, 0.29) is 35.5 Å². The number of hydrogen-bond donors (Lipinski definition) is 2. The van der Waals surface area contributed by atoms with E-state index in [0.717, 1.165) is 18.4 Å². The first-order chi connectivity index (χ1) is 17.2. The van der Waals surface area contributed by atoms with Gasteiger partial charge < -0.3 is 14.9 Å². The van der Waals surface area contributed by atoms with E-state index in [4.69, 9.17) is 8.92 Å². The van der Waals surface area contributed by atoms with Crippen LogP contribution in [0.3, 0.4) is 0 Å². The largest absolute Gasteiger partial charge is 0.460 e. The Kier molecular flexibility index (Phi) is 7.42. The summed E-state index contributed by atoms with van der Waals surface area (Å²) >= 11 is 0. The molecule has 1 aromatic carbocycles. The summed E-state index contributed by atoms with van der Waals surface area (Å²) in [5.74, 6) is -1.31. The van der Waals surface area contributed by atoms with E-state index in [9.17, 15) is 28.2 Å². The summed E-state index contributed by atoms with van der Waals surface area (Å²) in [4.78, 5) is 26.4. The molecule has 8 atom stereocenters. The first kappa shape index (κ1) is 28.2. The van der Waals surface area contributed by atoms with Gasteiger partial charge >= 0.3 is 5.97 Å². The minimum Gasteiger partial charge on any atom is -0.460 e. The Hall–Kier alpha value is -1.81. The molecule has 2 N–H and O–H groups in total. The zero-order valence-electron chi connectivity index (χ0n) is 22.4. The minimum atomic E-state index is -4.17. The van der Waals surface area contributed by atoms with Gasteiger partial charge in [0.15, 0.2) is 6.61 Å². The molecule has 0 radical (unpaired) electrons. The van der Waals surface area contributed by atoms with E-state index >= 15 is 0 Å². The van der Waals surface area contributed by atoms with Gasteiger partial charge in [-0.3, -0.25) is 8.98 Å². The second kappa shape index (κ2) is 9.74. The van der Waals surface area contributed by atoms with E-state index in [1.165, 1.54) is 12.1 Å². The molecule has 0 spiro atoms. The third-order valence-electron chi connectivity index (χ3n) is 10.2. The molecule has 0 unspecified atom stereocenters. The number of ether oxygens (including phenoxy) is 1. The highest BCUT2D eigenvalue weighted by Gasteiger charge is 2.68. The Labute approximate surface area is 219 Å². The molecule has 2 bridgehead atoms. The van der Waals surface area contributed by atoms with Gasteiger partial charge in [-0.2, -0.15) is 8.42 Å². The molecule has 3 aliphatic rings. The van der Waals surface area contributed by atoms with E-state index in [2.05, 4.69) is 6.92 Å². The first-order valence-electron chi connectivity index (χ1n) is 13.2. The average molecular weight is 537 g/mol. The molecule has 3 saturated carbocycles. The summed E-state index contributed by atoms with van der Waals surface area (Å²) in [5, 5.41) is 21.9. The minimum absolute atomic E-state index is 0.0353. The van der Waals surface area contributed by atoms with Gasteiger partial charge in [0.25, 0.3) is 10.1 Å². The van der Waals surface area contributed by atoms with E-state index < -0.39 is 57.1 Å². The fraction of sp³-hybridized carbons (Fsp3) is 0.714. The Bertz CT molecular complexity index is 1150. The van der Waals surface area contributed by atoms with Crippen LogP contribution in [0.25, 0.3) is 0 Å². The van der Waals surface area contributed by atoms with Gasteiger partial charge in [-0.15, -0.1) is 0 Å². The summed E-state index contributed by atoms with van der Waals surface area (Å²) in [7, 11) is -4.17. The van der Waals surface area contributed by atoms with Crippen LogP contribution >= 0.6 is 0 Å². The predicted octanol–water partition coefficient (Wildman–Crippen LogP) is 3.41. The summed E-state index contributed by atoms with van der Waals surface area (Å²) in [6.45, 7) is 8.52. The molecule has 0 aliphatic heterocycles. The molecule has 8 nitrogen and oxygen atoms in total. The van der Waals surface area contributed by atoms with Crippen molar-refractivity contribution >= 4 is 21.9 Å². The monoisotopic (exact) mass is 536 g/mol. The van der Waals surface area contributed by atoms with Crippen molar-refractivity contribution < 1.29 is 37.1 Å². The van der Waals surface area contributed by atoms with Gasteiger partial charge in [-0.1, -0.05) is 45.4 Å². The van der Waals surface area contributed by atoms with Crippen LogP contribution in [0.2, 0.25) is 0 Å². The highest BCUT2D eigenvalue weighted by atomic mass is 32.2. The maximum Gasteiger partial charge on any atom is 0.333 e. The van der Waals surface area contributed by atoms with Crippen LogP contribution < -0.4 is 0 Å². The fourth-order valence-electron chi connectivity index (χ4n) is 7.60. The van der Waals surface area contributed by atoms with Crippen LogP contribution in [0.15, 0.2) is 29.2 Å². The van der Waals surface area contributed by atoms with Crippen molar-refractivity contribution in [2.75, 3.05) is 13.2 Å². The molecule has 1 aromatic rings. The summed E-state index contributed by atoms with van der Waals surface area (Å²) < 4.78 is 36.2. The lowest BCUT2D eigenvalue weighted by atomic mass is 9.44. The normalized spacial score (nSPS) is 40.0. The second-order valence-electron chi connectivity index (χ2n) is 12.2. The number of aryl methyl sites for hydroxylation is 1. The van der Waals surface area contributed by atoms with Gasteiger partial charge in [0.05, 0.1) is 17.6 Å². The van der Waals surface area contributed by atoms with Crippen molar-refractivity contribution in [3.63, 3.8) is 0 Å². The molecule has 0 aromatic heterocycles. The number of aliphatic hydroxyl groups excluding tert-OH is 2. The zero-order chi connectivity index (χ0) is 27.4. The van der Waals surface area contributed by atoms with E-state index in [1.807, 2.05) is 20.8 Å². The lowest BCUT2D eigenvalue weighted by Gasteiger charge is -2.62. The van der Waals surface area contributed by atoms with E-state index in [0.29, 0.717) is 12.8 Å². The fourth-order valence-corrected chi connectivity index (χ4v) is 8.46.